The highest BCUT2D eigenvalue weighted by Crippen LogP contribution is 2.38. The summed E-state index contributed by atoms with van der Waals surface area (Å²) in [7, 11) is -3.74. The second kappa shape index (κ2) is 8.11. The molecule has 1 saturated heterocycles. The molecule has 1 aliphatic heterocycles. The van der Waals surface area contributed by atoms with Gasteiger partial charge in [0.25, 0.3) is 0 Å². The first kappa shape index (κ1) is 19.8. The fourth-order valence-electron chi connectivity index (χ4n) is 3.14. The number of H-pyrrole nitrogens is 1. The van der Waals surface area contributed by atoms with E-state index in [4.69, 9.17) is 16.3 Å². The first-order valence-corrected chi connectivity index (χ1v) is 10.9. The second-order valence-electron chi connectivity index (χ2n) is 6.67. The number of hydrogen-bond donors (Lipinski definition) is 3. The van der Waals surface area contributed by atoms with Crippen LogP contribution >= 0.6 is 11.6 Å². The number of aromatic amines is 1. The Labute approximate surface area is 172 Å². The summed E-state index contributed by atoms with van der Waals surface area (Å²) < 4.78 is 33.4. The Morgan fingerprint density at radius 3 is 2.83 bits per heavy atom. The maximum Gasteiger partial charge on any atom is 0.240 e. The minimum Gasteiger partial charge on any atom is -0.493 e. The lowest BCUT2D eigenvalue weighted by molar-refractivity contribution is 0.114. The van der Waals surface area contributed by atoms with Crippen molar-refractivity contribution >= 4 is 43.9 Å². The predicted molar refractivity (Wildman–Crippen MR) is 110 cm³/mol. The topological polar surface area (TPSA) is 116 Å². The molecule has 3 N–H and O–H groups in total. The van der Waals surface area contributed by atoms with E-state index < -0.39 is 10.0 Å². The molecular weight excluding hydrogens is 416 g/mol. The van der Waals surface area contributed by atoms with Crippen LogP contribution in [0.15, 0.2) is 57.6 Å². The molecule has 4 rings (SSSR count). The summed E-state index contributed by atoms with van der Waals surface area (Å²) in [6.07, 6.45) is 1.66. The third-order valence-corrected chi connectivity index (χ3v) is 6.41. The number of sulfonamides is 1. The third kappa shape index (κ3) is 4.27. The zero-order valence-electron chi connectivity index (χ0n) is 15.3. The maximum atomic E-state index is 12.7. The number of fused-ring (bicyclic) bond motifs is 1. The molecule has 3 aromatic rings. The Kier molecular flexibility index (Phi) is 5.55. The highest BCUT2D eigenvalue weighted by atomic mass is 35.5. The van der Waals surface area contributed by atoms with E-state index in [2.05, 4.69) is 19.9 Å². The quantitative estimate of drug-likeness (QED) is 0.498. The van der Waals surface area contributed by atoms with Crippen molar-refractivity contribution in [1.29, 1.82) is 0 Å². The smallest absolute Gasteiger partial charge is 0.240 e. The van der Waals surface area contributed by atoms with Crippen LogP contribution in [-0.2, 0) is 14.8 Å². The molecule has 2 aromatic carbocycles. The van der Waals surface area contributed by atoms with Gasteiger partial charge in [0.1, 0.15) is 5.69 Å². The zero-order chi connectivity index (χ0) is 20.4. The summed E-state index contributed by atoms with van der Waals surface area (Å²) >= 11 is 6.07. The minimum atomic E-state index is -3.74. The molecule has 10 heteroatoms. The van der Waals surface area contributed by atoms with Gasteiger partial charge in [0.2, 0.25) is 15.9 Å². The van der Waals surface area contributed by atoms with Crippen molar-refractivity contribution in [3.8, 4) is 5.88 Å². The van der Waals surface area contributed by atoms with Crippen LogP contribution in [0.5, 0.6) is 5.88 Å². The number of nitrogens with zero attached hydrogens (tertiary/aromatic N) is 2. The lowest BCUT2D eigenvalue weighted by atomic mass is 10.2. The number of aromatic nitrogens is 1. The van der Waals surface area contributed by atoms with Gasteiger partial charge in [-0.2, -0.15) is 0 Å². The Balaban J connectivity index is 1.64. The summed E-state index contributed by atoms with van der Waals surface area (Å²) in [5, 5.41) is 19.2. The van der Waals surface area contributed by atoms with E-state index in [0.29, 0.717) is 28.2 Å². The average molecular weight is 435 g/mol. The Morgan fingerprint density at radius 1 is 1.24 bits per heavy atom. The average Bonchev–Trinajstić information content (AvgIpc) is 3.33. The van der Waals surface area contributed by atoms with Gasteiger partial charge < -0.3 is 14.8 Å². The zero-order valence-corrected chi connectivity index (χ0v) is 16.9. The SMILES string of the molecule is O=S(=O)(NCC1CCCO1)c1ccc2[nH]c(O)c(N=Nc3ccccc3Cl)c2c1. The van der Waals surface area contributed by atoms with Gasteiger partial charge >= 0.3 is 0 Å². The molecular formula is C19H19ClN4O4S. The van der Waals surface area contributed by atoms with E-state index in [1.807, 2.05) is 0 Å². The summed E-state index contributed by atoms with van der Waals surface area (Å²) in [6.45, 7) is 0.874. The van der Waals surface area contributed by atoms with Crippen LogP contribution in [0, 0.1) is 0 Å². The maximum absolute atomic E-state index is 12.7. The minimum absolute atomic E-state index is 0.0659. The standard InChI is InChI=1S/C19H19ClN4O4S/c20-15-5-1-2-6-17(15)23-24-18-14-10-13(7-8-16(14)22-19(18)25)29(26,27)21-11-12-4-3-9-28-12/h1-2,5-8,10,12,21-22,25H,3-4,9,11H2. The summed E-state index contributed by atoms with van der Waals surface area (Å²) in [5.41, 5.74) is 1.11. The van der Waals surface area contributed by atoms with Gasteiger partial charge in [-0.1, -0.05) is 23.7 Å². The van der Waals surface area contributed by atoms with Gasteiger partial charge in [0.15, 0.2) is 5.69 Å². The number of azo groups is 1. The van der Waals surface area contributed by atoms with E-state index in [9.17, 15) is 13.5 Å². The Hall–Kier alpha value is -2.46. The van der Waals surface area contributed by atoms with Crippen LogP contribution in [0.1, 0.15) is 12.8 Å². The second-order valence-corrected chi connectivity index (χ2v) is 8.84. The first-order valence-electron chi connectivity index (χ1n) is 9.06. The van der Waals surface area contributed by atoms with Crippen molar-refractivity contribution in [3.05, 3.63) is 47.5 Å². The fourth-order valence-corrected chi connectivity index (χ4v) is 4.40. The van der Waals surface area contributed by atoms with Crippen LogP contribution in [0.25, 0.3) is 10.9 Å². The number of halogens is 1. The number of hydrogen-bond acceptors (Lipinski definition) is 6. The molecule has 29 heavy (non-hydrogen) atoms. The lowest BCUT2D eigenvalue weighted by Crippen LogP contribution is -2.31. The predicted octanol–water partition coefficient (Wildman–Crippen LogP) is 4.40. The number of nitrogens with one attached hydrogen (secondary N) is 2. The van der Waals surface area contributed by atoms with Gasteiger partial charge in [0, 0.05) is 18.5 Å². The largest absolute Gasteiger partial charge is 0.493 e. The molecule has 2 heterocycles. The fraction of sp³-hybridized carbons (Fsp3) is 0.263. The Morgan fingerprint density at radius 2 is 2.07 bits per heavy atom. The van der Waals surface area contributed by atoms with Crippen LogP contribution in [0.4, 0.5) is 11.4 Å². The van der Waals surface area contributed by atoms with Crippen LogP contribution in [0.3, 0.4) is 0 Å². The number of aromatic hydroxyl groups is 1. The highest BCUT2D eigenvalue weighted by Gasteiger charge is 2.21. The van der Waals surface area contributed by atoms with Gasteiger partial charge in [-0.3, -0.25) is 0 Å². The van der Waals surface area contributed by atoms with Crippen molar-refractivity contribution in [3.63, 3.8) is 0 Å². The van der Waals surface area contributed by atoms with Gasteiger partial charge in [-0.25, -0.2) is 13.1 Å². The summed E-state index contributed by atoms with van der Waals surface area (Å²) in [4.78, 5) is 2.83. The van der Waals surface area contributed by atoms with Gasteiger partial charge in [0.05, 0.1) is 21.5 Å². The molecule has 1 atom stereocenters. The third-order valence-electron chi connectivity index (χ3n) is 4.67. The normalized spacial score (nSPS) is 17.5. The molecule has 8 nitrogen and oxygen atoms in total. The molecule has 1 unspecified atom stereocenters. The molecule has 0 bridgehead atoms. The molecule has 152 valence electrons. The van der Waals surface area contributed by atoms with Crippen LogP contribution in [-0.4, -0.2) is 37.8 Å². The van der Waals surface area contributed by atoms with Crippen LogP contribution < -0.4 is 4.72 Å². The molecule has 1 aliphatic rings. The number of rotatable bonds is 6. The molecule has 0 amide bonds. The summed E-state index contributed by atoms with van der Waals surface area (Å²) in [6, 6.07) is 11.4. The van der Waals surface area contributed by atoms with E-state index in [-0.39, 0.29) is 29.1 Å². The number of benzene rings is 2. The molecule has 1 aromatic heterocycles. The van der Waals surface area contributed by atoms with E-state index in [1.54, 1.807) is 30.3 Å². The van der Waals surface area contributed by atoms with Crippen molar-refractivity contribution in [1.82, 2.24) is 9.71 Å². The highest BCUT2D eigenvalue weighted by molar-refractivity contribution is 7.89. The van der Waals surface area contributed by atoms with Gasteiger partial charge in [-0.05, 0) is 43.2 Å². The molecule has 0 spiro atoms. The van der Waals surface area contributed by atoms with E-state index >= 15 is 0 Å². The first-order chi connectivity index (χ1) is 13.9. The molecule has 0 saturated carbocycles. The number of ether oxygens (including phenoxy) is 1. The monoisotopic (exact) mass is 434 g/mol. The van der Waals surface area contributed by atoms with E-state index in [0.717, 1.165) is 12.8 Å². The van der Waals surface area contributed by atoms with Crippen molar-refractivity contribution < 1.29 is 18.3 Å². The Bertz CT molecular complexity index is 1170. The molecule has 0 aliphatic carbocycles. The van der Waals surface area contributed by atoms with Gasteiger partial charge in [-0.15, -0.1) is 10.2 Å². The van der Waals surface area contributed by atoms with Crippen LogP contribution in [0.2, 0.25) is 5.02 Å². The molecule has 1 fully saturated rings. The lowest BCUT2D eigenvalue weighted by Gasteiger charge is -2.11. The molecule has 0 radical (unpaired) electrons. The van der Waals surface area contributed by atoms with Crippen molar-refractivity contribution in [2.24, 2.45) is 10.2 Å². The summed E-state index contributed by atoms with van der Waals surface area (Å²) in [5.74, 6) is -0.210. The van der Waals surface area contributed by atoms with Crippen molar-refractivity contribution in [2.45, 2.75) is 23.8 Å². The van der Waals surface area contributed by atoms with E-state index in [1.165, 1.54) is 12.1 Å². The van der Waals surface area contributed by atoms with Crippen molar-refractivity contribution in [2.75, 3.05) is 13.2 Å².